The van der Waals surface area contributed by atoms with Crippen LogP contribution in [0.15, 0.2) is 0 Å². The van der Waals surface area contributed by atoms with Crippen LogP contribution in [-0.2, 0) is 4.79 Å². The van der Waals surface area contributed by atoms with Crippen LogP contribution in [0.3, 0.4) is 0 Å². The third-order valence-electron chi connectivity index (χ3n) is 3.70. The number of carbonyl (C=O) groups excluding carboxylic acids is 1. The Labute approximate surface area is 109 Å². The van der Waals surface area contributed by atoms with Gasteiger partial charge in [-0.1, -0.05) is 19.1 Å². The molecular formula is C12H23N3OS. The second-order valence-corrected chi connectivity index (χ2v) is 5.62. The lowest BCUT2D eigenvalue weighted by Crippen LogP contribution is -2.42. The minimum atomic E-state index is -0.265. The van der Waals surface area contributed by atoms with E-state index >= 15 is 0 Å². The quantitative estimate of drug-likeness (QED) is 0.719. The monoisotopic (exact) mass is 257 g/mol. The second-order valence-electron chi connectivity index (χ2n) is 5.09. The molecule has 2 unspecified atom stereocenters. The summed E-state index contributed by atoms with van der Waals surface area (Å²) in [6.07, 6.45) is 2.66. The van der Waals surface area contributed by atoms with Gasteiger partial charge in [-0.3, -0.25) is 9.69 Å². The van der Waals surface area contributed by atoms with E-state index in [2.05, 4.69) is 17.1 Å². The van der Waals surface area contributed by atoms with E-state index in [0.29, 0.717) is 11.0 Å². The highest BCUT2D eigenvalue weighted by Crippen LogP contribution is 2.32. The van der Waals surface area contributed by atoms with Gasteiger partial charge in [-0.15, -0.1) is 0 Å². The Morgan fingerprint density at radius 2 is 2.29 bits per heavy atom. The fourth-order valence-electron chi connectivity index (χ4n) is 2.56. The molecule has 0 aromatic rings. The van der Waals surface area contributed by atoms with E-state index in [1.807, 2.05) is 6.92 Å². The van der Waals surface area contributed by atoms with Crippen molar-refractivity contribution in [2.24, 2.45) is 11.1 Å². The maximum atomic E-state index is 11.8. The van der Waals surface area contributed by atoms with E-state index < -0.39 is 0 Å². The minimum Gasteiger partial charge on any atom is -0.393 e. The number of hydrogen-bond donors (Lipinski definition) is 2. The second kappa shape index (κ2) is 5.78. The highest BCUT2D eigenvalue weighted by Gasteiger charge is 2.41. The highest BCUT2D eigenvalue weighted by molar-refractivity contribution is 7.80. The van der Waals surface area contributed by atoms with Gasteiger partial charge in [0.1, 0.15) is 0 Å². The summed E-state index contributed by atoms with van der Waals surface area (Å²) in [5, 5.41) is 2.75. The van der Waals surface area contributed by atoms with Crippen LogP contribution in [0.4, 0.5) is 0 Å². The van der Waals surface area contributed by atoms with Crippen molar-refractivity contribution in [3.05, 3.63) is 0 Å². The van der Waals surface area contributed by atoms with Gasteiger partial charge >= 0.3 is 0 Å². The first kappa shape index (κ1) is 14.4. The van der Waals surface area contributed by atoms with Crippen LogP contribution in [0.2, 0.25) is 0 Å². The average molecular weight is 257 g/mol. The molecule has 0 aromatic carbocycles. The molecule has 1 amide bonds. The normalized spacial score (nSPS) is 26.8. The van der Waals surface area contributed by atoms with E-state index in [-0.39, 0.29) is 11.3 Å². The zero-order chi connectivity index (χ0) is 13.1. The number of amides is 1. The standard InChI is InChI=1S/C12H23N3OS/c1-4-9(7-10(13)17)15-6-5-12(2,8-15)11(16)14-3/h9H,4-8H2,1-3H3,(H2,13,17)(H,14,16). The van der Waals surface area contributed by atoms with Crippen LogP contribution >= 0.6 is 12.2 Å². The number of carbonyl (C=O) groups is 1. The van der Waals surface area contributed by atoms with Crippen molar-refractivity contribution < 1.29 is 4.79 Å². The van der Waals surface area contributed by atoms with Crippen LogP contribution < -0.4 is 11.1 Å². The number of rotatable bonds is 5. The third kappa shape index (κ3) is 3.39. The van der Waals surface area contributed by atoms with Crippen LogP contribution in [0, 0.1) is 5.41 Å². The Bertz CT molecular complexity index is 308. The summed E-state index contributed by atoms with van der Waals surface area (Å²) in [6, 6.07) is 0.374. The van der Waals surface area contributed by atoms with Crippen molar-refractivity contribution in [1.29, 1.82) is 0 Å². The Balaban J connectivity index is 2.65. The van der Waals surface area contributed by atoms with Crippen molar-refractivity contribution in [1.82, 2.24) is 10.2 Å². The van der Waals surface area contributed by atoms with Crippen molar-refractivity contribution in [3.8, 4) is 0 Å². The highest BCUT2D eigenvalue weighted by atomic mass is 32.1. The van der Waals surface area contributed by atoms with E-state index in [1.165, 1.54) is 0 Å². The van der Waals surface area contributed by atoms with Crippen molar-refractivity contribution in [2.45, 2.75) is 39.2 Å². The fraction of sp³-hybridized carbons (Fsp3) is 0.833. The van der Waals surface area contributed by atoms with E-state index in [0.717, 1.165) is 32.4 Å². The minimum absolute atomic E-state index is 0.130. The van der Waals surface area contributed by atoms with Gasteiger partial charge in [0.25, 0.3) is 0 Å². The van der Waals surface area contributed by atoms with Crippen LogP contribution in [-0.4, -0.2) is 42.0 Å². The summed E-state index contributed by atoms with van der Waals surface area (Å²) < 4.78 is 0. The molecule has 1 aliphatic rings. The van der Waals surface area contributed by atoms with Gasteiger partial charge in [-0.05, 0) is 26.3 Å². The molecule has 0 aromatic heterocycles. The van der Waals surface area contributed by atoms with Gasteiger partial charge in [0.2, 0.25) is 5.91 Å². The number of likely N-dealkylation sites (tertiary alicyclic amines) is 1. The Hall–Kier alpha value is -0.680. The molecule has 1 rings (SSSR count). The lowest BCUT2D eigenvalue weighted by Gasteiger charge is -2.28. The van der Waals surface area contributed by atoms with Crippen molar-refractivity contribution in [3.63, 3.8) is 0 Å². The summed E-state index contributed by atoms with van der Waals surface area (Å²) >= 11 is 4.98. The Kier molecular flexibility index (Phi) is 4.89. The molecule has 1 aliphatic heterocycles. The van der Waals surface area contributed by atoms with Gasteiger partial charge in [0.05, 0.1) is 10.4 Å². The maximum Gasteiger partial charge on any atom is 0.227 e. The summed E-state index contributed by atoms with van der Waals surface area (Å²) in [5.41, 5.74) is 5.35. The molecule has 0 radical (unpaired) electrons. The average Bonchev–Trinajstić information content (AvgIpc) is 2.68. The first-order chi connectivity index (χ1) is 7.92. The topological polar surface area (TPSA) is 58.4 Å². The number of nitrogens with two attached hydrogens (primary N) is 1. The zero-order valence-corrected chi connectivity index (χ0v) is 11.8. The van der Waals surface area contributed by atoms with Gasteiger partial charge in [0, 0.05) is 26.1 Å². The van der Waals surface area contributed by atoms with Gasteiger partial charge in [-0.2, -0.15) is 0 Å². The Morgan fingerprint density at radius 3 is 2.76 bits per heavy atom. The summed E-state index contributed by atoms with van der Waals surface area (Å²) in [6.45, 7) is 5.91. The molecule has 3 N–H and O–H groups in total. The van der Waals surface area contributed by atoms with Crippen LogP contribution in [0.5, 0.6) is 0 Å². The molecular weight excluding hydrogens is 234 g/mol. The lowest BCUT2D eigenvalue weighted by atomic mass is 9.89. The van der Waals surface area contributed by atoms with Crippen molar-refractivity contribution >= 4 is 23.1 Å². The number of hydrogen-bond acceptors (Lipinski definition) is 3. The zero-order valence-electron chi connectivity index (χ0n) is 11.0. The fourth-order valence-corrected chi connectivity index (χ4v) is 2.75. The van der Waals surface area contributed by atoms with E-state index in [4.69, 9.17) is 18.0 Å². The van der Waals surface area contributed by atoms with Gasteiger partial charge < -0.3 is 11.1 Å². The summed E-state index contributed by atoms with van der Waals surface area (Å²) in [4.78, 5) is 14.7. The predicted molar refractivity (Wildman–Crippen MR) is 73.8 cm³/mol. The molecule has 4 nitrogen and oxygen atoms in total. The predicted octanol–water partition coefficient (Wildman–Crippen LogP) is 0.899. The molecule has 0 saturated carbocycles. The summed E-state index contributed by atoms with van der Waals surface area (Å²) in [5.74, 6) is 0.130. The van der Waals surface area contributed by atoms with Crippen molar-refractivity contribution in [2.75, 3.05) is 20.1 Å². The van der Waals surface area contributed by atoms with Gasteiger partial charge in [-0.25, -0.2) is 0 Å². The van der Waals surface area contributed by atoms with Crippen LogP contribution in [0.1, 0.15) is 33.1 Å². The molecule has 0 spiro atoms. The third-order valence-corrected chi connectivity index (χ3v) is 3.87. The molecule has 0 aliphatic carbocycles. The first-order valence-corrected chi connectivity index (χ1v) is 6.58. The molecule has 5 heteroatoms. The largest absolute Gasteiger partial charge is 0.393 e. The lowest BCUT2D eigenvalue weighted by molar-refractivity contribution is -0.129. The Morgan fingerprint density at radius 1 is 1.65 bits per heavy atom. The molecule has 98 valence electrons. The molecule has 2 atom stereocenters. The van der Waals surface area contributed by atoms with Gasteiger partial charge in [0.15, 0.2) is 0 Å². The SMILES string of the molecule is CCC(CC(N)=S)N1CCC(C)(C(=O)NC)C1. The molecule has 0 bridgehead atoms. The molecule has 1 fully saturated rings. The smallest absolute Gasteiger partial charge is 0.227 e. The summed E-state index contributed by atoms with van der Waals surface area (Å²) in [7, 11) is 1.70. The molecule has 1 saturated heterocycles. The maximum absolute atomic E-state index is 11.8. The number of nitrogens with one attached hydrogen (secondary N) is 1. The number of nitrogens with zero attached hydrogens (tertiary/aromatic N) is 1. The van der Waals surface area contributed by atoms with E-state index in [1.54, 1.807) is 7.05 Å². The van der Waals surface area contributed by atoms with Crippen LogP contribution in [0.25, 0.3) is 0 Å². The molecule has 1 heterocycles. The van der Waals surface area contributed by atoms with E-state index in [9.17, 15) is 4.79 Å². The molecule has 17 heavy (non-hydrogen) atoms. The first-order valence-electron chi connectivity index (χ1n) is 6.17. The number of thiocarbonyl (C=S) groups is 1.